The molecule has 2 rings (SSSR count). The van der Waals surface area contributed by atoms with Crippen molar-refractivity contribution in [2.24, 2.45) is 0 Å². The second-order valence-electron chi connectivity index (χ2n) is 6.18. The zero-order valence-electron chi connectivity index (χ0n) is 14.3. The molecule has 0 aliphatic carbocycles. The highest BCUT2D eigenvalue weighted by Gasteiger charge is 2.31. The van der Waals surface area contributed by atoms with Crippen LogP contribution in [0.1, 0.15) is 24.8 Å². The topological polar surface area (TPSA) is 78.5 Å². The Bertz CT molecular complexity index is 732. The SMILES string of the molecule is CN(C(=O)CCCNS(=O)(=O)c1cccc(C(F)(F)F)c1)C1CCNC1. The van der Waals surface area contributed by atoms with E-state index in [1.807, 2.05) is 0 Å². The molecule has 1 fully saturated rings. The van der Waals surface area contributed by atoms with E-state index < -0.39 is 26.7 Å². The van der Waals surface area contributed by atoms with Gasteiger partial charge in [0.05, 0.1) is 10.5 Å². The van der Waals surface area contributed by atoms with Crippen molar-refractivity contribution < 1.29 is 26.4 Å². The van der Waals surface area contributed by atoms with E-state index >= 15 is 0 Å². The molecule has 0 saturated carbocycles. The molecule has 1 saturated heterocycles. The van der Waals surface area contributed by atoms with Crippen LogP contribution in [0.25, 0.3) is 0 Å². The van der Waals surface area contributed by atoms with Crippen molar-refractivity contribution >= 4 is 15.9 Å². The molecule has 1 aliphatic heterocycles. The van der Waals surface area contributed by atoms with Gasteiger partial charge in [-0.3, -0.25) is 4.79 Å². The average molecular weight is 393 g/mol. The van der Waals surface area contributed by atoms with Gasteiger partial charge in [0.25, 0.3) is 0 Å². The van der Waals surface area contributed by atoms with Gasteiger partial charge in [-0.2, -0.15) is 13.2 Å². The lowest BCUT2D eigenvalue weighted by molar-refractivity contribution is -0.137. The first-order valence-electron chi connectivity index (χ1n) is 8.24. The lowest BCUT2D eigenvalue weighted by Crippen LogP contribution is -2.38. The first kappa shape index (κ1) is 20.7. The Kier molecular flexibility index (Phi) is 6.64. The minimum Gasteiger partial charge on any atom is -0.341 e. The minimum atomic E-state index is -4.61. The summed E-state index contributed by atoms with van der Waals surface area (Å²) in [5.74, 6) is -0.0861. The molecule has 1 aliphatic rings. The third-order valence-electron chi connectivity index (χ3n) is 4.31. The summed E-state index contributed by atoms with van der Waals surface area (Å²) in [4.78, 5) is 13.3. The monoisotopic (exact) mass is 393 g/mol. The number of likely N-dealkylation sites (N-methyl/N-ethyl adjacent to an activating group) is 1. The van der Waals surface area contributed by atoms with Crippen LogP contribution in [-0.2, 0) is 21.0 Å². The summed E-state index contributed by atoms with van der Waals surface area (Å²) in [5, 5.41) is 3.16. The number of amides is 1. The Morgan fingerprint density at radius 1 is 1.38 bits per heavy atom. The maximum absolute atomic E-state index is 12.7. The Hall–Kier alpha value is -1.65. The molecule has 2 N–H and O–H groups in total. The largest absolute Gasteiger partial charge is 0.416 e. The second kappa shape index (κ2) is 8.36. The number of nitrogens with zero attached hydrogens (tertiary/aromatic N) is 1. The molecule has 26 heavy (non-hydrogen) atoms. The predicted molar refractivity (Wildman–Crippen MR) is 89.9 cm³/mol. The van der Waals surface area contributed by atoms with Crippen LogP contribution >= 0.6 is 0 Å². The zero-order valence-corrected chi connectivity index (χ0v) is 15.2. The molecule has 6 nitrogen and oxygen atoms in total. The number of hydrogen-bond donors (Lipinski definition) is 2. The average Bonchev–Trinajstić information content (AvgIpc) is 3.12. The van der Waals surface area contributed by atoms with Crippen LogP contribution in [0.5, 0.6) is 0 Å². The molecule has 146 valence electrons. The fraction of sp³-hybridized carbons (Fsp3) is 0.562. The lowest BCUT2D eigenvalue weighted by atomic mass is 10.2. The molecule has 1 aromatic rings. The molecule has 0 spiro atoms. The summed E-state index contributed by atoms with van der Waals surface area (Å²) in [7, 11) is -2.35. The summed E-state index contributed by atoms with van der Waals surface area (Å²) in [5.41, 5.74) is -1.03. The number of rotatable bonds is 7. The fourth-order valence-electron chi connectivity index (χ4n) is 2.72. The van der Waals surface area contributed by atoms with E-state index in [0.29, 0.717) is 6.07 Å². The Labute approximate surface area is 150 Å². The molecule has 1 heterocycles. The van der Waals surface area contributed by atoms with E-state index in [1.165, 1.54) is 0 Å². The number of carbonyl (C=O) groups is 1. The van der Waals surface area contributed by atoms with Gasteiger partial charge in [-0.1, -0.05) is 6.07 Å². The maximum Gasteiger partial charge on any atom is 0.416 e. The van der Waals surface area contributed by atoms with E-state index in [-0.39, 0.29) is 31.3 Å². The van der Waals surface area contributed by atoms with Crippen molar-refractivity contribution in [3.63, 3.8) is 0 Å². The van der Waals surface area contributed by atoms with Crippen LogP contribution in [0.15, 0.2) is 29.2 Å². The highest BCUT2D eigenvalue weighted by atomic mass is 32.2. The molecule has 1 unspecified atom stereocenters. The molecule has 0 aromatic heterocycles. The number of hydrogen-bond acceptors (Lipinski definition) is 4. The van der Waals surface area contributed by atoms with Gasteiger partial charge in [0.2, 0.25) is 15.9 Å². The standard InChI is InChI=1S/C16H22F3N3O3S/c1-22(13-7-9-20-11-13)15(23)6-3-8-21-26(24,25)14-5-2-4-12(10-14)16(17,18)19/h2,4-5,10,13,20-21H,3,6-9,11H2,1H3. The van der Waals surface area contributed by atoms with Crippen LogP contribution in [0.4, 0.5) is 13.2 Å². The van der Waals surface area contributed by atoms with Gasteiger partial charge >= 0.3 is 6.18 Å². The van der Waals surface area contributed by atoms with Gasteiger partial charge in [0.1, 0.15) is 0 Å². The van der Waals surface area contributed by atoms with Crippen LogP contribution in [0.2, 0.25) is 0 Å². The van der Waals surface area contributed by atoms with Crippen LogP contribution in [0.3, 0.4) is 0 Å². The summed E-state index contributed by atoms with van der Waals surface area (Å²) >= 11 is 0. The third kappa shape index (κ3) is 5.42. The number of carbonyl (C=O) groups excluding carboxylic acids is 1. The smallest absolute Gasteiger partial charge is 0.341 e. The van der Waals surface area contributed by atoms with E-state index in [4.69, 9.17) is 0 Å². The number of benzene rings is 1. The van der Waals surface area contributed by atoms with Gasteiger partial charge in [-0.05, 0) is 37.6 Å². The van der Waals surface area contributed by atoms with E-state index in [0.717, 1.165) is 37.7 Å². The Morgan fingerprint density at radius 3 is 2.73 bits per heavy atom. The number of halogens is 3. The first-order chi connectivity index (χ1) is 12.1. The van der Waals surface area contributed by atoms with Gasteiger partial charge in [0, 0.05) is 32.6 Å². The minimum absolute atomic E-state index is 0.0267. The molecule has 0 bridgehead atoms. The molecular weight excluding hydrogens is 371 g/mol. The number of sulfonamides is 1. The summed E-state index contributed by atoms with van der Waals surface area (Å²) in [6.45, 7) is 1.57. The lowest BCUT2D eigenvalue weighted by Gasteiger charge is -2.23. The number of alkyl halides is 3. The molecule has 1 atom stereocenters. The maximum atomic E-state index is 12.7. The highest BCUT2D eigenvalue weighted by molar-refractivity contribution is 7.89. The predicted octanol–water partition coefficient (Wildman–Crippen LogP) is 1.58. The van der Waals surface area contributed by atoms with Crippen LogP contribution < -0.4 is 10.0 Å². The summed E-state index contributed by atoms with van der Waals surface area (Å²) in [6, 6.07) is 3.69. The van der Waals surface area contributed by atoms with Gasteiger partial charge in [-0.15, -0.1) is 0 Å². The molecular formula is C16H22F3N3O3S. The molecule has 1 amide bonds. The fourth-order valence-corrected chi connectivity index (χ4v) is 3.84. The summed E-state index contributed by atoms with van der Waals surface area (Å²) in [6.07, 6.45) is -3.30. The Balaban J connectivity index is 1.85. The molecule has 0 radical (unpaired) electrons. The zero-order chi connectivity index (χ0) is 19.4. The van der Waals surface area contributed by atoms with Gasteiger partial charge < -0.3 is 10.2 Å². The van der Waals surface area contributed by atoms with E-state index in [2.05, 4.69) is 10.0 Å². The van der Waals surface area contributed by atoms with Crippen LogP contribution in [0, 0.1) is 0 Å². The van der Waals surface area contributed by atoms with Crippen molar-refractivity contribution in [2.45, 2.75) is 36.4 Å². The third-order valence-corrected chi connectivity index (χ3v) is 5.77. The quantitative estimate of drug-likeness (QED) is 0.690. The van der Waals surface area contributed by atoms with Crippen LogP contribution in [-0.4, -0.2) is 51.9 Å². The van der Waals surface area contributed by atoms with Gasteiger partial charge in [-0.25, -0.2) is 13.1 Å². The molecule has 10 heteroatoms. The van der Waals surface area contributed by atoms with Crippen molar-refractivity contribution in [1.82, 2.24) is 14.9 Å². The first-order valence-corrected chi connectivity index (χ1v) is 9.73. The summed E-state index contributed by atoms with van der Waals surface area (Å²) < 4.78 is 64.6. The normalized spacial score (nSPS) is 18.1. The Morgan fingerprint density at radius 2 is 2.12 bits per heavy atom. The van der Waals surface area contributed by atoms with Crippen molar-refractivity contribution in [3.8, 4) is 0 Å². The van der Waals surface area contributed by atoms with Crippen molar-refractivity contribution in [1.29, 1.82) is 0 Å². The second-order valence-corrected chi connectivity index (χ2v) is 7.95. The van der Waals surface area contributed by atoms with Gasteiger partial charge in [0.15, 0.2) is 0 Å². The van der Waals surface area contributed by atoms with Crippen molar-refractivity contribution in [2.75, 3.05) is 26.7 Å². The number of nitrogens with one attached hydrogen (secondary N) is 2. The highest BCUT2D eigenvalue weighted by Crippen LogP contribution is 2.30. The molecule has 1 aromatic carbocycles. The van der Waals surface area contributed by atoms with E-state index in [9.17, 15) is 26.4 Å². The van der Waals surface area contributed by atoms with Crippen molar-refractivity contribution in [3.05, 3.63) is 29.8 Å². The van der Waals surface area contributed by atoms with E-state index in [1.54, 1.807) is 11.9 Å².